The molecule has 99 valence electrons. The van der Waals surface area contributed by atoms with Crippen molar-refractivity contribution >= 4 is 12.1 Å². The number of esters is 1. The molecule has 1 radical (unpaired) electrons. The summed E-state index contributed by atoms with van der Waals surface area (Å²) in [5, 5.41) is 2.14. The van der Waals surface area contributed by atoms with Gasteiger partial charge in [0.05, 0.1) is 12.0 Å². The van der Waals surface area contributed by atoms with Gasteiger partial charge in [0.25, 0.3) is 0 Å². The molecule has 6 heteroatoms. The van der Waals surface area contributed by atoms with Crippen molar-refractivity contribution in [2.24, 2.45) is 5.41 Å². The van der Waals surface area contributed by atoms with Crippen molar-refractivity contribution in [3.63, 3.8) is 0 Å². The van der Waals surface area contributed by atoms with Crippen LogP contribution in [-0.4, -0.2) is 31.1 Å². The molecule has 1 N–H and O–H groups in total. The number of amides is 1. The van der Waals surface area contributed by atoms with Gasteiger partial charge in [0.2, 0.25) is 6.29 Å². The predicted molar refractivity (Wildman–Crippen MR) is 59.7 cm³/mol. The lowest BCUT2D eigenvalue weighted by atomic mass is 9.97. The quantitative estimate of drug-likeness (QED) is 0.609. The summed E-state index contributed by atoms with van der Waals surface area (Å²) in [6, 6.07) is 0. The monoisotopic (exact) mass is 248 g/mol. The Balaban J connectivity index is 3.98. The van der Waals surface area contributed by atoms with E-state index in [0.29, 0.717) is 0 Å². The van der Waals surface area contributed by atoms with Gasteiger partial charge in [-0.1, -0.05) is 0 Å². The number of hydrogen-bond donors (Lipinski definition) is 1. The number of nitrogens with one attached hydrogen (secondary N) is 1. The van der Waals surface area contributed by atoms with Crippen molar-refractivity contribution < 1.29 is 23.5 Å². The molecule has 0 aromatic heterocycles. The zero-order chi connectivity index (χ0) is 13.6. The molecule has 0 saturated carbocycles. The summed E-state index contributed by atoms with van der Waals surface area (Å²) in [4.78, 5) is 22.5. The maximum Gasteiger partial charge on any atom is 0.410 e. The smallest absolute Gasteiger partial charge is 0.410 e. The molecular formula is C11H19FNO4. The van der Waals surface area contributed by atoms with Gasteiger partial charge in [-0.05, 0) is 27.7 Å². The normalized spacial score (nSPS) is 14.7. The second kappa shape index (κ2) is 6.42. The molecule has 1 amide bonds. The third kappa shape index (κ3) is 7.54. The van der Waals surface area contributed by atoms with Crippen molar-refractivity contribution in [2.45, 2.75) is 40.2 Å². The number of ether oxygens (including phenoxy) is 2. The Hall–Kier alpha value is -1.33. The van der Waals surface area contributed by atoms with Gasteiger partial charge in [0.1, 0.15) is 6.17 Å². The number of rotatable bonds is 4. The molecule has 0 aliphatic carbocycles. The third-order valence-electron chi connectivity index (χ3n) is 1.63. The van der Waals surface area contributed by atoms with Crippen LogP contribution >= 0.6 is 0 Å². The lowest BCUT2D eigenvalue weighted by molar-refractivity contribution is -0.174. The first-order chi connectivity index (χ1) is 7.62. The first-order valence-electron chi connectivity index (χ1n) is 5.25. The molecule has 0 fully saturated rings. The van der Waals surface area contributed by atoms with Gasteiger partial charge in [-0.25, -0.2) is 9.18 Å². The number of alkyl carbamates (subject to hydrolysis) is 1. The van der Waals surface area contributed by atoms with E-state index in [-0.39, 0.29) is 6.54 Å². The Labute approximate surface area is 101 Å². The minimum atomic E-state index is -1.41. The number of halogens is 1. The molecule has 0 aromatic carbocycles. The zero-order valence-electron chi connectivity index (χ0n) is 10.6. The second-order valence-corrected chi connectivity index (χ2v) is 4.61. The summed E-state index contributed by atoms with van der Waals surface area (Å²) in [6.07, 6.45) is -3.29. The number of carbonyl (C=O) groups is 2. The van der Waals surface area contributed by atoms with E-state index in [9.17, 15) is 14.0 Å². The third-order valence-corrected chi connectivity index (χ3v) is 1.63. The molecule has 0 aliphatic heterocycles. The van der Waals surface area contributed by atoms with Crippen LogP contribution in [-0.2, 0) is 14.3 Å². The van der Waals surface area contributed by atoms with Crippen LogP contribution in [0.1, 0.15) is 27.7 Å². The van der Waals surface area contributed by atoms with Gasteiger partial charge in [-0.2, -0.15) is 0 Å². The molecule has 5 nitrogen and oxygen atoms in total. The van der Waals surface area contributed by atoms with E-state index in [1.54, 1.807) is 20.8 Å². The highest BCUT2D eigenvalue weighted by Crippen LogP contribution is 2.16. The van der Waals surface area contributed by atoms with Crippen LogP contribution in [0.25, 0.3) is 0 Å². The lowest BCUT2D eigenvalue weighted by Crippen LogP contribution is -2.35. The van der Waals surface area contributed by atoms with Gasteiger partial charge in [0, 0.05) is 6.92 Å². The first-order valence-corrected chi connectivity index (χ1v) is 5.25. The van der Waals surface area contributed by atoms with E-state index < -0.39 is 29.9 Å². The van der Waals surface area contributed by atoms with Crippen LogP contribution < -0.4 is 5.32 Å². The molecule has 17 heavy (non-hydrogen) atoms. The van der Waals surface area contributed by atoms with Gasteiger partial charge in [-0.3, -0.25) is 4.79 Å². The number of alkyl halides is 1. The maximum atomic E-state index is 12.3. The fraction of sp³-hybridized carbons (Fsp3) is 0.727. The van der Waals surface area contributed by atoms with E-state index in [4.69, 9.17) is 4.74 Å². The van der Waals surface area contributed by atoms with Crippen LogP contribution in [0.3, 0.4) is 0 Å². The minimum Gasteiger partial charge on any atom is -0.425 e. The van der Waals surface area contributed by atoms with Gasteiger partial charge in [0.15, 0.2) is 0 Å². The highest BCUT2D eigenvalue weighted by atomic mass is 19.1. The Morgan fingerprint density at radius 3 is 2.29 bits per heavy atom. The topological polar surface area (TPSA) is 64.6 Å². The van der Waals surface area contributed by atoms with Crippen molar-refractivity contribution in [1.29, 1.82) is 0 Å². The predicted octanol–water partition coefficient (Wildman–Crippen LogP) is 1.82. The average molecular weight is 248 g/mol. The van der Waals surface area contributed by atoms with Crippen LogP contribution in [0.5, 0.6) is 0 Å². The van der Waals surface area contributed by atoms with Crippen LogP contribution in [0.4, 0.5) is 9.18 Å². The fourth-order valence-electron chi connectivity index (χ4n) is 0.738. The van der Waals surface area contributed by atoms with E-state index in [1.165, 1.54) is 6.92 Å². The van der Waals surface area contributed by atoms with Crippen LogP contribution in [0, 0.1) is 12.3 Å². The summed E-state index contributed by atoms with van der Waals surface area (Å²) >= 11 is 0. The lowest BCUT2D eigenvalue weighted by Gasteiger charge is -2.20. The molecule has 0 spiro atoms. The van der Waals surface area contributed by atoms with Gasteiger partial charge < -0.3 is 14.8 Å². The number of hydrogen-bond acceptors (Lipinski definition) is 4. The summed E-state index contributed by atoms with van der Waals surface area (Å²) < 4.78 is 21.8. The van der Waals surface area contributed by atoms with Crippen molar-refractivity contribution in [3.05, 3.63) is 6.92 Å². The molecule has 2 atom stereocenters. The van der Waals surface area contributed by atoms with E-state index >= 15 is 0 Å². The van der Waals surface area contributed by atoms with E-state index in [0.717, 1.165) is 0 Å². The number of carbonyl (C=O) groups excluding carboxylic acids is 2. The van der Waals surface area contributed by atoms with Gasteiger partial charge >= 0.3 is 12.1 Å². The summed E-state index contributed by atoms with van der Waals surface area (Å²) in [5.74, 6) is -0.488. The Kier molecular flexibility index (Phi) is 5.91. The minimum absolute atomic E-state index is 0.251. The molecule has 0 heterocycles. The first kappa shape index (κ1) is 15.7. The van der Waals surface area contributed by atoms with E-state index in [1.807, 2.05) is 0 Å². The summed E-state index contributed by atoms with van der Waals surface area (Å²) in [7, 11) is 0. The Morgan fingerprint density at radius 1 is 1.35 bits per heavy atom. The van der Waals surface area contributed by atoms with Crippen molar-refractivity contribution in [1.82, 2.24) is 5.32 Å². The summed E-state index contributed by atoms with van der Waals surface area (Å²) in [6.45, 7) is 9.24. The molecule has 0 aromatic rings. The SMILES string of the molecule is [CH2][C@H](F)CNC(=O)OC(C)OC(=O)C(C)(C)C. The summed E-state index contributed by atoms with van der Waals surface area (Å²) in [5.41, 5.74) is -0.675. The molecule has 0 aliphatic rings. The standard InChI is InChI=1S/C11H19FNO4/c1-7(12)6-13-10(15)17-8(2)16-9(14)11(3,4)5/h7-8H,1,6H2,2-5H3,(H,13,15)/t7-,8?/m0/s1. The molecule has 0 bridgehead atoms. The van der Waals surface area contributed by atoms with Crippen LogP contribution in [0.15, 0.2) is 0 Å². The highest BCUT2D eigenvalue weighted by molar-refractivity contribution is 5.75. The Bertz CT molecular complexity index is 273. The van der Waals surface area contributed by atoms with Crippen molar-refractivity contribution in [2.75, 3.05) is 6.54 Å². The van der Waals surface area contributed by atoms with Crippen LogP contribution in [0.2, 0.25) is 0 Å². The van der Waals surface area contributed by atoms with E-state index in [2.05, 4.69) is 17.0 Å². The fourth-order valence-corrected chi connectivity index (χ4v) is 0.738. The molecule has 1 unspecified atom stereocenters. The largest absolute Gasteiger partial charge is 0.425 e. The molecule has 0 rings (SSSR count). The maximum absolute atomic E-state index is 12.3. The second-order valence-electron chi connectivity index (χ2n) is 4.61. The average Bonchev–Trinajstić information content (AvgIpc) is 2.12. The molecular weight excluding hydrogens is 229 g/mol. The van der Waals surface area contributed by atoms with Crippen molar-refractivity contribution in [3.8, 4) is 0 Å². The Morgan fingerprint density at radius 2 is 1.88 bits per heavy atom. The molecule has 0 saturated heterocycles. The highest BCUT2D eigenvalue weighted by Gasteiger charge is 2.26. The zero-order valence-corrected chi connectivity index (χ0v) is 10.6. The van der Waals surface area contributed by atoms with Gasteiger partial charge in [-0.15, -0.1) is 0 Å².